The monoisotopic (exact) mass is 448 g/mol. The summed E-state index contributed by atoms with van der Waals surface area (Å²) < 4.78 is 10.9. The summed E-state index contributed by atoms with van der Waals surface area (Å²) in [5, 5.41) is 18.7. The number of hydrogen-bond donors (Lipinski definition) is 6. The Labute approximate surface area is 191 Å². The minimum atomic E-state index is -0.0762. The number of nitrogens with two attached hydrogens (primary N) is 1. The van der Waals surface area contributed by atoms with Crippen LogP contribution in [-0.2, 0) is 6.42 Å². The summed E-state index contributed by atoms with van der Waals surface area (Å²) in [6.45, 7) is 1.67. The van der Waals surface area contributed by atoms with Gasteiger partial charge >= 0.3 is 0 Å². The Hall–Kier alpha value is -4.21. The molecule has 7 N–H and O–H groups in total. The average Bonchev–Trinajstić information content (AvgIpc) is 3.24. The Morgan fingerprint density at radius 2 is 1.79 bits per heavy atom. The van der Waals surface area contributed by atoms with Crippen molar-refractivity contribution >= 4 is 39.5 Å². The summed E-state index contributed by atoms with van der Waals surface area (Å²) in [6, 6.07) is 12.0. The number of ether oxygens (including phenoxy) is 2. The lowest BCUT2D eigenvalue weighted by atomic mass is 10.1. The van der Waals surface area contributed by atoms with Gasteiger partial charge in [-0.05, 0) is 24.1 Å². The highest BCUT2D eigenvalue weighted by molar-refractivity contribution is 5.93. The number of guanidine groups is 1. The van der Waals surface area contributed by atoms with Gasteiger partial charge in [0.25, 0.3) is 0 Å². The Bertz CT molecular complexity index is 1270. The van der Waals surface area contributed by atoms with E-state index in [0.717, 1.165) is 22.8 Å². The highest BCUT2D eigenvalue weighted by Crippen LogP contribution is 2.34. The number of nitrogens with zero attached hydrogens (tertiary/aromatic N) is 2. The molecule has 0 aliphatic rings. The molecular formula is C23H28N8O2. The number of anilines is 2. The first-order valence-corrected chi connectivity index (χ1v) is 10.6. The zero-order chi connectivity index (χ0) is 23.2. The van der Waals surface area contributed by atoms with Crippen LogP contribution in [0.15, 0.2) is 42.6 Å². The lowest BCUT2D eigenvalue weighted by Crippen LogP contribution is -2.34. The minimum absolute atomic E-state index is 0.0762. The van der Waals surface area contributed by atoms with Gasteiger partial charge in [0, 0.05) is 48.2 Å². The zero-order valence-electron chi connectivity index (χ0n) is 18.7. The molecule has 0 bridgehead atoms. The van der Waals surface area contributed by atoms with Crippen molar-refractivity contribution in [3.8, 4) is 11.5 Å². The average molecular weight is 449 g/mol. The van der Waals surface area contributed by atoms with Crippen LogP contribution in [0, 0.1) is 5.41 Å². The molecule has 0 aliphatic carbocycles. The standard InChI is InChI=1S/C23H28N8O2/c1-32-19-11-16-18(12-20(19)33-2)30-23(28-10-9-27-22(24)25)31-21(16)26-8-7-14-13-29-17-6-4-3-5-15(14)17/h3-6,11-13,29H,7-10H2,1-2H3,(H4,24,25,27)(H2,26,28,30,31). The number of hydrogen-bond acceptors (Lipinski definition) is 7. The van der Waals surface area contributed by atoms with Crippen LogP contribution >= 0.6 is 0 Å². The summed E-state index contributed by atoms with van der Waals surface area (Å²) >= 11 is 0. The first kappa shape index (κ1) is 22.0. The molecule has 0 unspecified atom stereocenters. The summed E-state index contributed by atoms with van der Waals surface area (Å²) in [7, 11) is 3.20. The molecule has 10 nitrogen and oxygen atoms in total. The molecular weight excluding hydrogens is 420 g/mol. The fourth-order valence-corrected chi connectivity index (χ4v) is 3.69. The normalized spacial score (nSPS) is 10.8. The fourth-order valence-electron chi connectivity index (χ4n) is 3.69. The Morgan fingerprint density at radius 1 is 1.00 bits per heavy atom. The molecule has 2 aromatic heterocycles. The molecule has 0 fully saturated rings. The molecule has 4 rings (SSSR count). The van der Waals surface area contributed by atoms with Crippen molar-refractivity contribution in [1.29, 1.82) is 5.41 Å². The molecule has 10 heteroatoms. The van der Waals surface area contributed by atoms with E-state index in [1.165, 1.54) is 10.9 Å². The van der Waals surface area contributed by atoms with Gasteiger partial charge in [-0.15, -0.1) is 0 Å². The third kappa shape index (κ3) is 5.00. The van der Waals surface area contributed by atoms with Gasteiger partial charge in [0.05, 0.1) is 19.7 Å². The van der Waals surface area contributed by atoms with E-state index < -0.39 is 0 Å². The van der Waals surface area contributed by atoms with Crippen molar-refractivity contribution in [3.05, 3.63) is 48.2 Å². The van der Waals surface area contributed by atoms with Crippen molar-refractivity contribution < 1.29 is 9.47 Å². The molecule has 0 aliphatic heterocycles. The summed E-state index contributed by atoms with van der Waals surface area (Å²) in [5.41, 5.74) is 8.42. The van der Waals surface area contributed by atoms with Gasteiger partial charge in [-0.25, -0.2) is 4.98 Å². The van der Waals surface area contributed by atoms with Crippen LogP contribution in [-0.4, -0.2) is 54.8 Å². The maximum atomic E-state index is 7.26. The summed E-state index contributed by atoms with van der Waals surface area (Å²) in [5.74, 6) is 2.29. The van der Waals surface area contributed by atoms with E-state index in [-0.39, 0.29) is 5.96 Å². The van der Waals surface area contributed by atoms with Crippen molar-refractivity contribution in [2.24, 2.45) is 5.73 Å². The van der Waals surface area contributed by atoms with Gasteiger partial charge in [-0.1, -0.05) is 18.2 Å². The molecule has 0 radical (unpaired) electrons. The van der Waals surface area contributed by atoms with Crippen molar-refractivity contribution in [2.75, 3.05) is 44.5 Å². The molecule has 33 heavy (non-hydrogen) atoms. The number of benzene rings is 2. The molecule has 4 aromatic rings. The van der Waals surface area contributed by atoms with E-state index in [1.807, 2.05) is 30.5 Å². The topological polar surface area (TPSA) is 146 Å². The summed E-state index contributed by atoms with van der Waals surface area (Å²) in [6.07, 6.45) is 2.88. The lowest BCUT2D eigenvalue weighted by molar-refractivity contribution is 0.356. The maximum Gasteiger partial charge on any atom is 0.225 e. The molecule has 2 aromatic carbocycles. The largest absolute Gasteiger partial charge is 0.493 e. The van der Waals surface area contributed by atoms with Crippen molar-refractivity contribution in [3.63, 3.8) is 0 Å². The van der Waals surface area contributed by atoms with Crippen molar-refractivity contribution in [2.45, 2.75) is 6.42 Å². The predicted molar refractivity (Wildman–Crippen MR) is 132 cm³/mol. The Morgan fingerprint density at radius 3 is 2.58 bits per heavy atom. The SMILES string of the molecule is COc1cc2nc(NCCNC(=N)N)nc(NCCc3c[nH]c4ccccc34)c2cc1OC. The molecule has 0 atom stereocenters. The van der Waals surface area contributed by atoms with E-state index in [2.05, 4.69) is 43.0 Å². The van der Waals surface area contributed by atoms with Gasteiger partial charge in [0.15, 0.2) is 17.5 Å². The smallest absolute Gasteiger partial charge is 0.225 e. The first-order valence-electron chi connectivity index (χ1n) is 10.6. The van der Waals surface area contributed by atoms with Crippen molar-refractivity contribution in [1.82, 2.24) is 20.3 Å². The van der Waals surface area contributed by atoms with Gasteiger partial charge in [0.1, 0.15) is 5.82 Å². The number of para-hydroxylation sites is 1. The van der Waals surface area contributed by atoms with Crippen LogP contribution in [0.1, 0.15) is 5.56 Å². The van der Waals surface area contributed by atoms with Crippen LogP contribution in [0.25, 0.3) is 21.8 Å². The van der Waals surface area contributed by atoms with Gasteiger partial charge in [0.2, 0.25) is 5.95 Å². The number of aromatic amines is 1. The van der Waals surface area contributed by atoms with E-state index in [1.54, 1.807) is 14.2 Å². The number of fused-ring (bicyclic) bond motifs is 2. The van der Waals surface area contributed by atoms with Crippen LogP contribution in [0.5, 0.6) is 11.5 Å². The highest BCUT2D eigenvalue weighted by atomic mass is 16.5. The number of H-pyrrole nitrogens is 1. The van der Waals surface area contributed by atoms with Crippen LogP contribution in [0.3, 0.4) is 0 Å². The second kappa shape index (κ2) is 9.94. The van der Waals surface area contributed by atoms with Crippen LogP contribution in [0.2, 0.25) is 0 Å². The quantitative estimate of drug-likeness (QED) is 0.123. The maximum absolute atomic E-state index is 7.26. The van der Waals surface area contributed by atoms with Crippen LogP contribution in [0.4, 0.5) is 11.8 Å². The molecule has 172 valence electrons. The molecule has 0 saturated carbocycles. The fraction of sp³-hybridized carbons (Fsp3) is 0.261. The van der Waals surface area contributed by atoms with Gasteiger partial charge < -0.3 is 36.1 Å². The number of methoxy groups -OCH3 is 2. The first-order chi connectivity index (χ1) is 16.1. The third-order valence-electron chi connectivity index (χ3n) is 5.29. The second-order valence-electron chi connectivity index (χ2n) is 7.42. The Balaban J connectivity index is 1.58. The molecule has 2 heterocycles. The highest BCUT2D eigenvalue weighted by Gasteiger charge is 2.13. The molecule has 0 amide bonds. The predicted octanol–water partition coefficient (Wildman–Crippen LogP) is 2.68. The van der Waals surface area contributed by atoms with E-state index in [4.69, 9.17) is 20.6 Å². The second-order valence-corrected chi connectivity index (χ2v) is 7.42. The number of nitrogens with one attached hydrogen (secondary N) is 5. The van der Waals surface area contributed by atoms with E-state index >= 15 is 0 Å². The minimum Gasteiger partial charge on any atom is -0.493 e. The zero-order valence-corrected chi connectivity index (χ0v) is 18.7. The molecule has 0 spiro atoms. The van der Waals surface area contributed by atoms with E-state index in [0.29, 0.717) is 42.9 Å². The van der Waals surface area contributed by atoms with Gasteiger partial charge in [-0.3, -0.25) is 5.41 Å². The molecule has 0 saturated heterocycles. The third-order valence-corrected chi connectivity index (χ3v) is 5.29. The Kier molecular flexibility index (Phi) is 6.63. The number of rotatable bonds is 10. The van der Waals surface area contributed by atoms with Crippen LogP contribution < -0.4 is 31.2 Å². The van der Waals surface area contributed by atoms with Gasteiger partial charge in [-0.2, -0.15) is 4.98 Å². The lowest BCUT2D eigenvalue weighted by Gasteiger charge is -2.14. The summed E-state index contributed by atoms with van der Waals surface area (Å²) in [4.78, 5) is 12.6. The number of aromatic nitrogens is 3. The van der Waals surface area contributed by atoms with E-state index in [9.17, 15) is 0 Å².